The molecule has 0 radical (unpaired) electrons. The summed E-state index contributed by atoms with van der Waals surface area (Å²) in [5, 5.41) is 3.66. The zero-order valence-corrected chi connectivity index (χ0v) is 14.2. The molecule has 0 amide bonds. The maximum atomic E-state index is 5.69. The predicted molar refractivity (Wildman–Crippen MR) is 88.2 cm³/mol. The van der Waals surface area contributed by atoms with E-state index >= 15 is 0 Å². The molecular formula is C18H37NO. The van der Waals surface area contributed by atoms with Gasteiger partial charge in [-0.3, -0.25) is 0 Å². The van der Waals surface area contributed by atoms with Crippen LogP contribution >= 0.6 is 0 Å². The summed E-state index contributed by atoms with van der Waals surface area (Å²) in [4.78, 5) is 0. The second-order valence-corrected chi connectivity index (χ2v) is 7.20. The van der Waals surface area contributed by atoms with Crippen LogP contribution in [0.3, 0.4) is 0 Å². The molecule has 1 aliphatic heterocycles. The van der Waals surface area contributed by atoms with Crippen LogP contribution in [0.2, 0.25) is 0 Å². The van der Waals surface area contributed by atoms with Gasteiger partial charge in [-0.15, -0.1) is 0 Å². The fourth-order valence-corrected chi connectivity index (χ4v) is 3.16. The summed E-state index contributed by atoms with van der Waals surface area (Å²) < 4.78 is 5.69. The predicted octanol–water partition coefficient (Wildman–Crippen LogP) is 4.78. The Labute approximate surface area is 127 Å². The third-order valence-electron chi connectivity index (χ3n) is 4.55. The summed E-state index contributed by atoms with van der Waals surface area (Å²) in [6.45, 7) is 11.1. The van der Waals surface area contributed by atoms with Crippen LogP contribution in [-0.2, 0) is 4.74 Å². The quantitative estimate of drug-likeness (QED) is 0.520. The molecule has 0 aliphatic carbocycles. The van der Waals surface area contributed by atoms with Crippen LogP contribution in [0.25, 0.3) is 0 Å². The first-order valence-corrected chi connectivity index (χ1v) is 8.97. The second kappa shape index (κ2) is 10.6. The van der Waals surface area contributed by atoms with Crippen LogP contribution in [0.1, 0.15) is 78.6 Å². The summed E-state index contributed by atoms with van der Waals surface area (Å²) in [6.07, 6.45) is 12.5. The van der Waals surface area contributed by atoms with Gasteiger partial charge in [0.1, 0.15) is 0 Å². The van der Waals surface area contributed by atoms with Gasteiger partial charge in [0, 0.05) is 18.6 Å². The van der Waals surface area contributed by atoms with E-state index in [0.717, 1.165) is 32.2 Å². The van der Waals surface area contributed by atoms with Crippen molar-refractivity contribution in [3.63, 3.8) is 0 Å². The van der Waals surface area contributed by atoms with Crippen molar-refractivity contribution >= 4 is 0 Å². The first-order valence-electron chi connectivity index (χ1n) is 8.97. The average molecular weight is 284 g/mol. The van der Waals surface area contributed by atoms with Crippen LogP contribution in [0.4, 0.5) is 0 Å². The first kappa shape index (κ1) is 18.0. The van der Waals surface area contributed by atoms with E-state index in [2.05, 4.69) is 26.1 Å². The molecule has 0 aromatic heterocycles. The van der Waals surface area contributed by atoms with Crippen molar-refractivity contribution in [3.8, 4) is 0 Å². The second-order valence-electron chi connectivity index (χ2n) is 7.20. The van der Waals surface area contributed by atoms with Gasteiger partial charge in [-0.25, -0.2) is 0 Å². The Morgan fingerprint density at radius 2 is 1.75 bits per heavy atom. The molecule has 1 unspecified atom stereocenters. The van der Waals surface area contributed by atoms with E-state index in [1.807, 2.05) is 0 Å². The zero-order chi connectivity index (χ0) is 14.7. The molecule has 1 aliphatic rings. The maximum absolute atomic E-state index is 5.69. The molecule has 1 saturated heterocycles. The molecule has 2 nitrogen and oxygen atoms in total. The van der Waals surface area contributed by atoms with Crippen molar-refractivity contribution in [2.75, 3.05) is 26.3 Å². The van der Waals surface area contributed by atoms with Gasteiger partial charge in [0.2, 0.25) is 0 Å². The summed E-state index contributed by atoms with van der Waals surface area (Å²) >= 11 is 0. The van der Waals surface area contributed by atoms with E-state index in [9.17, 15) is 0 Å². The molecule has 2 heteroatoms. The normalized spacial score (nSPS) is 22.8. The minimum Gasteiger partial charge on any atom is -0.381 e. The Bertz CT molecular complexity index is 221. The first-order chi connectivity index (χ1) is 9.68. The monoisotopic (exact) mass is 283 g/mol. The van der Waals surface area contributed by atoms with Crippen molar-refractivity contribution < 1.29 is 4.74 Å². The van der Waals surface area contributed by atoms with Crippen molar-refractivity contribution in [3.05, 3.63) is 0 Å². The van der Waals surface area contributed by atoms with Gasteiger partial charge >= 0.3 is 0 Å². The number of unbranched alkanes of at least 4 members (excludes halogenated alkanes) is 6. The summed E-state index contributed by atoms with van der Waals surface area (Å²) in [5.74, 6) is 0.743. The molecule has 0 aromatic carbocycles. The lowest BCUT2D eigenvalue weighted by Crippen LogP contribution is -2.36. The van der Waals surface area contributed by atoms with Crippen LogP contribution in [0.15, 0.2) is 0 Å². The molecule has 1 rings (SSSR count). The van der Waals surface area contributed by atoms with Crippen molar-refractivity contribution in [2.45, 2.75) is 78.6 Å². The highest BCUT2D eigenvalue weighted by Gasteiger charge is 2.33. The van der Waals surface area contributed by atoms with E-state index in [4.69, 9.17) is 4.74 Å². The van der Waals surface area contributed by atoms with Crippen LogP contribution < -0.4 is 5.32 Å². The van der Waals surface area contributed by atoms with E-state index in [0.29, 0.717) is 5.41 Å². The molecule has 1 fully saturated rings. The van der Waals surface area contributed by atoms with Crippen molar-refractivity contribution in [2.24, 2.45) is 11.3 Å². The molecule has 0 bridgehead atoms. The zero-order valence-electron chi connectivity index (χ0n) is 14.2. The van der Waals surface area contributed by atoms with Gasteiger partial charge in [0.15, 0.2) is 0 Å². The highest BCUT2D eigenvalue weighted by molar-refractivity contribution is 4.85. The fraction of sp³-hybridized carbons (Fsp3) is 1.00. The Morgan fingerprint density at radius 3 is 2.35 bits per heavy atom. The van der Waals surface area contributed by atoms with Gasteiger partial charge in [0.25, 0.3) is 0 Å². The Hall–Kier alpha value is -0.0800. The Kier molecular flexibility index (Phi) is 9.54. The van der Waals surface area contributed by atoms with Gasteiger partial charge < -0.3 is 10.1 Å². The Balaban J connectivity index is 2.12. The SMILES string of the molecule is CCCCCCCCCC1(CNCC(C)C)CCOC1. The summed E-state index contributed by atoms with van der Waals surface area (Å²) in [7, 11) is 0. The average Bonchev–Trinajstić information content (AvgIpc) is 2.86. The number of rotatable bonds is 12. The molecule has 120 valence electrons. The maximum Gasteiger partial charge on any atom is 0.0535 e. The third kappa shape index (κ3) is 7.64. The van der Waals surface area contributed by atoms with Crippen molar-refractivity contribution in [1.82, 2.24) is 5.32 Å². The number of hydrogen-bond acceptors (Lipinski definition) is 2. The minimum absolute atomic E-state index is 0.443. The van der Waals surface area contributed by atoms with E-state index in [1.165, 1.54) is 57.8 Å². The van der Waals surface area contributed by atoms with E-state index in [-0.39, 0.29) is 0 Å². The van der Waals surface area contributed by atoms with Gasteiger partial charge in [-0.1, -0.05) is 65.7 Å². The number of hydrogen-bond donors (Lipinski definition) is 1. The van der Waals surface area contributed by atoms with E-state index < -0.39 is 0 Å². The van der Waals surface area contributed by atoms with Crippen LogP contribution in [0, 0.1) is 11.3 Å². The molecule has 0 aromatic rings. The fourth-order valence-electron chi connectivity index (χ4n) is 3.16. The standard InChI is InChI=1S/C18H37NO/c1-4-5-6-7-8-9-10-11-18(12-13-20-16-18)15-19-14-17(2)3/h17,19H,4-16H2,1-3H3. The van der Waals surface area contributed by atoms with Gasteiger partial charge in [-0.05, 0) is 25.3 Å². The molecular weight excluding hydrogens is 246 g/mol. The summed E-state index contributed by atoms with van der Waals surface area (Å²) in [6, 6.07) is 0. The Morgan fingerprint density at radius 1 is 1.05 bits per heavy atom. The summed E-state index contributed by atoms with van der Waals surface area (Å²) in [5.41, 5.74) is 0.443. The van der Waals surface area contributed by atoms with E-state index in [1.54, 1.807) is 0 Å². The minimum atomic E-state index is 0.443. The van der Waals surface area contributed by atoms with Crippen LogP contribution in [-0.4, -0.2) is 26.3 Å². The highest BCUT2D eigenvalue weighted by atomic mass is 16.5. The molecule has 1 N–H and O–H groups in total. The molecule has 1 atom stereocenters. The lowest BCUT2D eigenvalue weighted by Gasteiger charge is -2.28. The smallest absolute Gasteiger partial charge is 0.0535 e. The van der Waals surface area contributed by atoms with Gasteiger partial charge in [-0.2, -0.15) is 0 Å². The van der Waals surface area contributed by atoms with Gasteiger partial charge in [0.05, 0.1) is 6.61 Å². The van der Waals surface area contributed by atoms with Crippen LogP contribution in [0.5, 0.6) is 0 Å². The topological polar surface area (TPSA) is 21.3 Å². The lowest BCUT2D eigenvalue weighted by molar-refractivity contribution is 0.141. The molecule has 0 saturated carbocycles. The third-order valence-corrected chi connectivity index (χ3v) is 4.55. The molecule has 0 spiro atoms. The number of nitrogens with one attached hydrogen (secondary N) is 1. The molecule has 1 heterocycles. The highest BCUT2D eigenvalue weighted by Crippen LogP contribution is 2.34. The molecule has 20 heavy (non-hydrogen) atoms. The van der Waals surface area contributed by atoms with Crippen molar-refractivity contribution in [1.29, 1.82) is 0 Å². The number of ether oxygens (including phenoxy) is 1. The largest absolute Gasteiger partial charge is 0.381 e. The lowest BCUT2D eigenvalue weighted by atomic mass is 9.81.